The molecule has 0 aromatic heterocycles. The molecule has 104 valence electrons. The van der Waals surface area contributed by atoms with Gasteiger partial charge in [-0.2, -0.15) is 0 Å². The Morgan fingerprint density at radius 1 is 1.44 bits per heavy atom. The fourth-order valence-corrected chi connectivity index (χ4v) is 3.05. The van der Waals surface area contributed by atoms with Crippen molar-refractivity contribution in [1.29, 1.82) is 0 Å². The minimum absolute atomic E-state index is 0.0722. The average molecular weight is 267 g/mol. The van der Waals surface area contributed by atoms with E-state index < -0.39 is 8.32 Å². The van der Waals surface area contributed by atoms with Crippen LogP contribution in [-0.4, -0.2) is 27.0 Å². The van der Waals surface area contributed by atoms with Crippen LogP contribution in [0.15, 0.2) is 24.8 Å². The lowest BCUT2D eigenvalue weighted by molar-refractivity contribution is 0.207. The van der Waals surface area contributed by atoms with E-state index in [0.717, 1.165) is 26.0 Å². The van der Waals surface area contributed by atoms with Crippen molar-refractivity contribution < 1.29 is 4.43 Å². The fraction of sp³-hybridized carbons (Fsp3) is 0.733. The monoisotopic (exact) mass is 267 g/mol. The van der Waals surface area contributed by atoms with Gasteiger partial charge in [-0.3, -0.25) is 0 Å². The molecule has 0 radical (unpaired) electrons. The van der Waals surface area contributed by atoms with Gasteiger partial charge in [0.1, 0.15) is 0 Å². The molecule has 0 bridgehead atoms. The molecule has 1 atom stereocenters. The minimum atomic E-state index is -1.69. The van der Waals surface area contributed by atoms with Gasteiger partial charge in [0.2, 0.25) is 0 Å². The van der Waals surface area contributed by atoms with Gasteiger partial charge in [-0.15, -0.1) is 6.58 Å². The topological polar surface area (TPSA) is 21.3 Å². The molecule has 1 N–H and O–H groups in total. The van der Waals surface area contributed by atoms with E-state index in [1.807, 2.05) is 6.08 Å². The third-order valence-electron chi connectivity index (χ3n) is 4.55. The van der Waals surface area contributed by atoms with E-state index in [4.69, 9.17) is 4.43 Å². The second-order valence-electron chi connectivity index (χ2n) is 6.90. The number of nitrogens with one attached hydrogen (secondary N) is 1. The second-order valence-corrected chi connectivity index (χ2v) is 11.7. The third-order valence-corrected chi connectivity index (χ3v) is 9.02. The first-order valence-electron chi connectivity index (χ1n) is 6.83. The van der Waals surface area contributed by atoms with Crippen molar-refractivity contribution in [3.8, 4) is 0 Å². The molecular weight excluding hydrogens is 238 g/mol. The highest BCUT2D eigenvalue weighted by Crippen LogP contribution is 2.38. The Kier molecular flexibility index (Phi) is 4.63. The van der Waals surface area contributed by atoms with Gasteiger partial charge < -0.3 is 9.74 Å². The summed E-state index contributed by atoms with van der Waals surface area (Å²) in [6.07, 6.45) is 3.92. The highest BCUT2D eigenvalue weighted by atomic mass is 28.4. The zero-order chi connectivity index (χ0) is 14.0. The summed E-state index contributed by atoms with van der Waals surface area (Å²) in [7, 11) is -1.69. The third kappa shape index (κ3) is 3.14. The Hall–Kier alpha value is -0.383. The smallest absolute Gasteiger partial charge is 0.192 e. The van der Waals surface area contributed by atoms with E-state index in [1.54, 1.807) is 0 Å². The maximum atomic E-state index is 6.37. The summed E-state index contributed by atoms with van der Waals surface area (Å²) in [6, 6.07) is 0. The van der Waals surface area contributed by atoms with E-state index >= 15 is 0 Å². The van der Waals surface area contributed by atoms with Crippen molar-refractivity contribution >= 4 is 8.32 Å². The molecule has 0 aromatic rings. The Balaban J connectivity index is 2.75. The molecule has 0 aromatic carbocycles. The zero-order valence-electron chi connectivity index (χ0n) is 12.7. The van der Waals surface area contributed by atoms with Crippen LogP contribution in [0, 0.1) is 0 Å². The summed E-state index contributed by atoms with van der Waals surface area (Å²) < 4.78 is 6.37. The first kappa shape index (κ1) is 15.7. The molecule has 1 aliphatic heterocycles. The molecular formula is C15H29NOSi. The molecule has 1 heterocycles. The van der Waals surface area contributed by atoms with Crippen LogP contribution in [0.3, 0.4) is 0 Å². The Morgan fingerprint density at radius 3 is 2.44 bits per heavy atom. The van der Waals surface area contributed by atoms with Crippen molar-refractivity contribution in [2.45, 2.75) is 57.3 Å². The molecule has 1 saturated heterocycles. The largest absolute Gasteiger partial charge is 0.415 e. The van der Waals surface area contributed by atoms with Crippen LogP contribution in [0.25, 0.3) is 0 Å². The van der Waals surface area contributed by atoms with Crippen LogP contribution in [0.1, 0.15) is 33.6 Å². The highest BCUT2D eigenvalue weighted by molar-refractivity contribution is 6.74. The molecule has 18 heavy (non-hydrogen) atoms. The van der Waals surface area contributed by atoms with E-state index in [9.17, 15) is 0 Å². The van der Waals surface area contributed by atoms with Gasteiger partial charge in [0.15, 0.2) is 8.32 Å². The minimum Gasteiger partial charge on any atom is -0.415 e. The Labute approximate surface area is 114 Å². The summed E-state index contributed by atoms with van der Waals surface area (Å²) in [5, 5.41) is 3.82. The summed E-state index contributed by atoms with van der Waals surface area (Å²) in [5.41, 5.74) is 1.19. The van der Waals surface area contributed by atoms with Crippen LogP contribution >= 0.6 is 0 Å². The molecule has 0 saturated carbocycles. The summed E-state index contributed by atoms with van der Waals surface area (Å²) >= 11 is 0. The molecule has 1 fully saturated rings. The molecule has 0 spiro atoms. The summed E-state index contributed by atoms with van der Waals surface area (Å²) in [4.78, 5) is 0. The standard InChI is InChI=1S/C15H29NOSi/c1-8-10-15(13(2)9-11-16-15)12-17-18(6,7)14(3,4)5/h8,16H,1-2,9-12H2,3-7H3. The number of rotatable bonds is 5. The fourth-order valence-electron chi connectivity index (χ4n) is 2.01. The van der Waals surface area contributed by atoms with Crippen molar-refractivity contribution in [2.75, 3.05) is 13.2 Å². The average Bonchev–Trinajstić information content (AvgIpc) is 2.57. The van der Waals surface area contributed by atoms with Gasteiger partial charge in [0.05, 0.1) is 12.1 Å². The quantitative estimate of drug-likeness (QED) is 0.603. The second kappa shape index (κ2) is 5.31. The summed E-state index contributed by atoms with van der Waals surface area (Å²) in [5.74, 6) is 0. The van der Waals surface area contributed by atoms with Crippen molar-refractivity contribution in [2.24, 2.45) is 0 Å². The lowest BCUT2D eigenvalue weighted by atomic mass is 9.90. The van der Waals surface area contributed by atoms with Gasteiger partial charge in [-0.25, -0.2) is 0 Å². The van der Waals surface area contributed by atoms with E-state index in [-0.39, 0.29) is 10.6 Å². The van der Waals surface area contributed by atoms with Crippen LogP contribution < -0.4 is 5.32 Å². The van der Waals surface area contributed by atoms with E-state index in [0.29, 0.717) is 0 Å². The number of hydrogen-bond acceptors (Lipinski definition) is 2. The van der Waals surface area contributed by atoms with Crippen LogP contribution in [0.4, 0.5) is 0 Å². The molecule has 1 aliphatic rings. The van der Waals surface area contributed by atoms with Gasteiger partial charge in [0.25, 0.3) is 0 Å². The highest BCUT2D eigenvalue weighted by Gasteiger charge is 2.42. The lowest BCUT2D eigenvalue weighted by Crippen LogP contribution is -2.50. The van der Waals surface area contributed by atoms with E-state index in [1.165, 1.54) is 5.57 Å². The van der Waals surface area contributed by atoms with E-state index in [2.05, 4.69) is 52.3 Å². The molecule has 0 aliphatic carbocycles. The van der Waals surface area contributed by atoms with Gasteiger partial charge in [-0.05, 0) is 37.5 Å². The van der Waals surface area contributed by atoms with Crippen molar-refractivity contribution in [3.63, 3.8) is 0 Å². The Bertz CT molecular complexity index is 330. The lowest BCUT2D eigenvalue weighted by Gasteiger charge is -2.40. The first-order valence-corrected chi connectivity index (χ1v) is 9.74. The maximum Gasteiger partial charge on any atom is 0.192 e. The van der Waals surface area contributed by atoms with Crippen LogP contribution in [0.5, 0.6) is 0 Å². The molecule has 2 nitrogen and oxygen atoms in total. The predicted molar refractivity (Wildman–Crippen MR) is 82.5 cm³/mol. The predicted octanol–water partition coefficient (Wildman–Crippen LogP) is 3.87. The van der Waals surface area contributed by atoms with Crippen LogP contribution in [-0.2, 0) is 4.43 Å². The molecule has 1 unspecified atom stereocenters. The van der Waals surface area contributed by atoms with Crippen molar-refractivity contribution in [3.05, 3.63) is 24.8 Å². The van der Waals surface area contributed by atoms with Gasteiger partial charge in [0, 0.05) is 0 Å². The first-order chi connectivity index (χ1) is 8.15. The van der Waals surface area contributed by atoms with Crippen molar-refractivity contribution in [1.82, 2.24) is 5.32 Å². The number of hydrogen-bond donors (Lipinski definition) is 1. The normalized spacial score (nSPS) is 25.5. The maximum absolute atomic E-state index is 6.37. The van der Waals surface area contributed by atoms with Crippen LogP contribution in [0.2, 0.25) is 18.1 Å². The molecule has 3 heteroatoms. The SMILES string of the molecule is C=CCC1(CO[Si](C)(C)C(C)(C)C)NCCC1=C. The van der Waals surface area contributed by atoms with Gasteiger partial charge in [-0.1, -0.05) is 39.0 Å². The Morgan fingerprint density at radius 2 is 2.06 bits per heavy atom. The summed E-state index contributed by atoms with van der Waals surface area (Å²) in [6.45, 7) is 21.2. The molecule has 1 rings (SSSR count). The van der Waals surface area contributed by atoms with Gasteiger partial charge >= 0.3 is 0 Å². The molecule has 0 amide bonds. The zero-order valence-corrected chi connectivity index (χ0v) is 13.7.